The van der Waals surface area contributed by atoms with Crippen LogP contribution in [0.25, 0.3) is 0 Å². The van der Waals surface area contributed by atoms with E-state index in [2.05, 4.69) is 10.0 Å². The van der Waals surface area contributed by atoms with Gasteiger partial charge < -0.3 is 0 Å². The second-order valence-electron chi connectivity index (χ2n) is 7.70. The number of imide groups is 1. The molecule has 0 aliphatic carbocycles. The topological polar surface area (TPSA) is 43.9 Å². The molecule has 5 nitrogen and oxygen atoms in total. The van der Waals surface area contributed by atoms with Gasteiger partial charge in [-0.05, 0) is 37.1 Å². The average molecular weight is 416 g/mol. The van der Waals surface area contributed by atoms with Gasteiger partial charge in [0.25, 0.3) is 5.91 Å². The van der Waals surface area contributed by atoms with Gasteiger partial charge in [-0.15, -0.1) is 0 Å². The third-order valence-corrected chi connectivity index (χ3v) is 7.01. The number of rotatable bonds is 2. The number of hydrogen-bond donors (Lipinski definition) is 0. The van der Waals surface area contributed by atoms with Crippen LogP contribution in [0.1, 0.15) is 24.9 Å². The molecule has 5 rings (SSSR count). The zero-order chi connectivity index (χ0) is 19.6. The molecule has 3 aliphatic rings. The monoisotopic (exact) mass is 415 g/mol. The van der Waals surface area contributed by atoms with Crippen molar-refractivity contribution in [2.24, 2.45) is 5.92 Å². The Morgan fingerprint density at radius 2 is 1.75 bits per heavy atom. The second-order valence-corrected chi connectivity index (χ2v) is 8.51. The lowest BCUT2D eigenvalue weighted by Gasteiger charge is -2.33. The van der Waals surface area contributed by atoms with Crippen molar-refractivity contribution in [2.75, 3.05) is 18.0 Å². The summed E-state index contributed by atoms with van der Waals surface area (Å²) in [7, 11) is 0. The highest BCUT2D eigenvalue weighted by molar-refractivity contribution is 6.42. The zero-order valence-electron chi connectivity index (χ0n) is 15.3. The molecule has 0 unspecified atom stereocenters. The number of fused-ring (bicyclic) bond motifs is 3. The van der Waals surface area contributed by atoms with Gasteiger partial charge in [0.05, 0.1) is 27.7 Å². The van der Waals surface area contributed by atoms with Gasteiger partial charge in [0.2, 0.25) is 5.91 Å². The van der Waals surface area contributed by atoms with Crippen molar-refractivity contribution < 1.29 is 9.59 Å². The third-order valence-electron chi connectivity index (χ3n) is 6.27. The van der Waals surface area contributed by atoms with Crippen LogP contribution < -0.4 is 4.90 Å². The first-order valence-corrected chi connectivity index (χ1v) is 10.1. The van der Waals surface area contributed by atoms with Gasteiger partial charge in [-0.25, -0.2) is 14.9 Å². The van der Waals surface area contributed by atoms with E-state index in [4.69, 9.17) is 23.2 Å². The van der Waals surface area contributed by atoms with Crippen LogP contribution >= 0.6 is 23.2 Å². The minimum atomic E-state index is -0.903. The molecule has 7 heteroatoms. The first kappa shape index (κ1) is 18.1. The molecular formula is C21H19Cl2N3O2. The number of hydrogen-bond acceptors (Lipinski definition) is 4. The maximum Gasteiger partial charge on any atom is 0.256 e. The van der Waals surface area contributed by atoms with E-state index in [0.717, 1.165) is 25.1 Å². The zero-order valence-corrected chi connectivity index (χ0v) is 16.8. The molecule has 0 bridgehead atoms. The minimum Gasteiger partial charge on any atom is -0.274 e. The maximum atomic E-state index is 13.6. The van der Waals surface area contributed by atoms with E-state index < -0.39 is 11.5 Å². The molecule has 0 N–H and O–H groups in total. The van der Waals surface area contributed by atoms with Gasteiger partial charge >= 0.3 is 0 Å². The summed E-state index contributed by atoms with van der Waals surface area (Å²) >= 11 is 12.2. The summed E-state index contributed by atoms with van der Waals surface area (Å²) < 4.78 is 0. The van der Waals surface area contributed by atoms with E-state index >= 15 is 0 Å². The Kier molecular flexibility index (Phi) is 4.07. The number of halogens is 2. The van der Waals surface area contributed by atoms with Gasteiger partial charge in [-0.1, -0.05) is 53.5 Å². The molecule has 3 fully saturated rings. The second kappa shape index (κ2) is 6.29. The quantitative estimate of drug-likeness (QED) is 0.697. The molecular weight excluding hydrogens is 397 g/mol. The predicted octanol–water partition coefficient (Wildman–Crippen LogP) is 3.92. The molecule has 0 aromatic heterocycles. The fourth-order valence-electron chi connectivity index (χ4n) is 5.03. The van der Waals surface area contributed by atoms with Gasteiger partial charge in [-0.3, -0.25) is 9.59 Å². The van der Waals surface area contributed by atoms with Crippen molar-refractivity contribution in [1.82, 2.24) is 10.0 Å². The van der Waals surface area contributed by atoms with Gasteiger partial charge in [-0.2, -0.15) is 0 Å². The van der Waals surface area contributed by atoms with Crippen molar-refractivity contribution in [3.8, 4) is 0 Å². The van der Waals surface area contributed by atoms with Crippen LogP contribution in [0.2, 0.25) is 10.0 Å². The molecule has 28 heavy (non-hydrogen) atoms. The standard InChI is InChI=1S/C21H19Cl2N3O2/c1-21-17(18(13-6-3-2-4-7-13)24-10-5-11-25(21)24)19(27)26(20(21)28)14-8-9-15(22)16(23)12-14/h2-4,6-9,12,17-18H,5,10-11H2,1H3/t17-,18+,21-/m1/s1. The van der Waals surface area contributed by atoms with E-state index in [1.165, 1.54) is 4.90 Å². The van der Waals surface area contributed by atoms with Crippen molar-refractivity contribution in [1.29, 1.82) is 0 Å². The molecule has 3 atom stereocenters. The molecule has 0 radical (unpaired) electrons. The molecule has 3 heterocycles. The Hall–Kier alpha value is -1.92. The Morgan fingerprint density at radius 3 is 2.46 bits per heavy atom. The number of carbonyl (C=O) groups excluding carboxylic acids is 2. The summed E-state index contributed by atoms with van der Waals surface area (Å²) in [5.74, 6) is -0.863. The average Bonchev–Trinajstić information content (AvgIpc) is 3.31. The van der Waals surface area contributed by atoms with Crippen LogP contribution in [0.5, 0.6) is 0 Å². The Labute approximate surface area is 173 Å². The lowest BCUT2D eigenvalue weighted by atomic mass is 9.81. The highest BCUT2D eigenvalue weighted by Crippen LogP contribution is 2.54. The van der Waals surface area contributed by atoms with Gasteiger partial charge in [0.15, 0.2) is 0 Å². The van der Waals surface area contributed by atoms with Crippen LogP contribution in [0, 0.1) is 5.92 Å². The summed E-state index contributed by atoms with van der Waals surface area (Å²) in [6.45, 7) is 3.51. The number of anilines is 1. The Bertz CT molecular complexity index is 983. The van der Waals surface area contributed by atoms with Crippen LogP contribution in [-0.4, -0.2) is 40.5 Å². The normalized spacial score (nSPS) is 30.2. The molecule has 144 valence electrons. The number of amides is 2. The predicted molar refractivity (Wildman–Crippen MR) is 108 cm³/mol. The first-order chi connectivity index (χ1) is 13.4. The summed E-state index contributed by atoms with van der Waals surface area (Å²) in [4.78, 5) is 28.5. The minimum absolute atomic E-state index is 0.155. The Balaban J connectivity index is 1.64. The van der Waals surface area contributed by atoms with Crippen molar-refractivity contribution in [3.05, 3.63) is 64.1 Å². The van der Waals surface area contributed by atoms with E-state index in [1.807, 2.05) is 37.3 Å². The highest BCUT2D eigenvalue weighted by Gasteiger charge is 2.70. The smallest absolute Gasteiger partial charge is 0.256 e. The number of hydrazine groups is 1. The summed E-state index contributed by atoms with van der Waals surface area (Å²) in [6.07, 6.45) is 0.972. The number of benzene rings is 2. The number of carbonyl (C=O) groups is 2. The largest absolute Gasteiger partial charge is 0.274 e. The van der Waals surface area contributed by atoms with Crippen LogP contribution in [0.3, 0.4) is 0 Å². The van der Waals surface area contributed by atoms with Gasteiger partial charge in [0.1, 0.15) is 5.54 Å². The molecule has 0 saturated carbocycles. The molecule has 3 aliphatic heterocycles. The molecule has 2 amide bonds. The molecule has 2 aromatic rings. The first-order valence-electron chi connectivity index (χ1n) is 9.37. The number of nitrogens with zero attached hydrogens (tertiary/aromatic N) is 3. The Morgan fingerprint density at radius 1 is 1.00 bits per heavy atom. The van der Waals surface area contributed by atoms with Crippen molar-refractivity contribution in [2.45, 2.75) is 24.9 Å². The molecule has 3 saturated heterocycles. The third kappa shape index (κ3) is 2.28. The molecule has 0 spiro atoms. The van der Waals surface area contributed by atoms with Gasteiger partial charge in [0, 0.05) is 13.1 Å². The molecule has 2 aromatic carbocycles. The van der Waals surface area contributed by atoms with E-state index in [-0.39, 0.29) is 17.9 Å². The van der Waals surface area contributed by atoms with Crippen molar-refractivity contribution >= 4 is 40.7 Å². The van der Waals surface area contributed by atoms with E-state index in [0.29, 0.717) is 15.7 Å². The maximum absolute atomic E-state index is 13.6. The fraction of sp³-hybridized carbons (Fsp3) is 0.333. The lowest BCUT2D eigenvalue weighted by molar-refractivity contribution is -0.131. The summed E-state index contributed by atoms with van der Waals surface area (Å²) in [6, 6.07) is 14.7. The van der Waals surface area contributed by atoms with Crippen molar-refractivity contribution in [3.63, 3.8) is 0 Å². The highest BCUT2D eigenvalue weighted by atomic mass is 35.5. The van der Waals surface area contributed by atoms with Crippen LogP contribution in [0.15, 0.2) is 48.5 Å². The van der Waals surface area contributed by atoms with E-state index in [9.17, 15) is 9.59 Å². The summed E-state index contributed by atoms with van der Waals surface area (Å²) in [5.41, 5.74) is 0.623. The lowest BCUT2D eigenvalue weighted by Crippen LogP contribution is -2.52. The fourth-order valence-corrected chi connectivity index (χ4v) is 5.32. The van der Waals surface area contributed by atoms with Crippen LogP contribution in [0.4, 0.5) is 5.69 Å². The summed E-state index contributed by atoms with van der Waals surface area (Å²) in [5, 5.41) is 5.03. The van der Waals surface area contributed by atoms with E-state index in [1.54, 1.807) is 18.2 Å². The van der Waals surface area contributed by atoms with Crippen LogP contribution in [-0.2, 0) is 9.59 Å². The SMILES string of the molecule is C[C@]12C(=O)N(c3ccc(Cl)c(Cl)c3)C(=O)[C@H]1[C@H](c1ccccc1)N1CCCN12.